The van der Waals surface area contributed by atoms with Gasteiger partial charge in [-0.1, -0.05) is 54.6 Å². The summed E-state index contributed by atoms with van der Waals surface area (Å²) in [5.74, 6) is -1.18. The average Bonchev–Trinajstić information content (AvgIpc) is 2.92. The normalized spacial score (nSPS) is 13.2. The standard InChI is InChI=1S/C30H24N2O5/c1-37-27-9-5-4-8-24(27)18-31-25-14-13-23(30(35)36)17-26(25)32(19-29(31)34)28(33)15-11-20-10-12-21-6-2-3-7-22(21)16-20/h2-17H,18-19H2,1H3,(H,35,36)/b15-11+. The van der Waals surface area contributed by atoms with Gasteiger partial charge in [0.1, 0.15) is 12.3 Å². The highest BCUT2D eigenvalue weighted by atomic mass is 16.5. The smallest absolute Gasteiger partial charge is 0.335 e. The van der Waals surface area contributed by atoms with Gasteiger partial charge in [0.15, 0.2) is 0 Å². The van der Waals surface area contributed by atoms with Crippen LogP contribution >= 0.6 is 0 Å². The molecule has 2 amide bonds. The first-order valence-electron chi connectivity index (χ1n) is 11.7. The molecule has 0 aliphatic carbocycles. The molecule has 0 aromatic heterocycles. The average molecular weight is 493 g/mol. The molecule has 0 unspecified atom stereocenters. The summed E-state index contributed by atoms with van der Waals surface area (Å²) in [6, 6.07) is 25.6. The van der Waals surface area contributed by atoms with Gasteiger partial charge < -0.3 is 14.7 Å². The molecular weight excluding hydrogens is 468 g/mol. The number of para-hydroxylation sites is 1. The van der Waals surface area contributed by atoms with E-state index in [0.29, 0.717) is 17.1 Å². The Morgan fingerprint density at radius 1 is 0.919 bits per heavy atom. The van der Waals surface area contributed by atoms with Crippen molar-refractivity contribution in [1.29, 1.82) is 0 Å². The van der Waals surface area contributed by atoms with Crippen LogP contribution in [0, 0.1) is 0 Å². The zero-order valence-corrected chi connectivity index (χ0v) is 20.1. The first kappa shape index (κ1) is 23.8. The van der Waals surface area contributed by atoms with Gasteiger partial charge in [-0.25, -0.2) is 4.79 Å². The van der Waals surface area contributed by atoms with Crippen LogP contribution in [0.15, 0.2) is 91.0 Å². The van der Waals surface area contributed by atoms with Gasteiger partial charge in [-0.3, -0.25) is 14.5 Å². The number of hydrogen-bond acceptors (Lipinski definition) is 4. The Hall–Kier alpha value is -4.91. The van der Waals surface area contributed by atoms with E-state index in [-0.39, 0.29) is 24.6 Å². The number of aromatic carboxylic acids is 1. The maximum atomic E-state index is 13.3. The summed E-state index contributed by atoms with van der Waals surface area (Å²) in [5, 5.41) is 11.7. The van der Waals surface area contributed by atoms with Crippen LogP contribution in [-0.4, -0.2) is 36.5 Å². The van der Waals surface area contributed by atoms with E-state index in [0.717, 1.165) is 21.9 Å². The van der Waals surface area contributed by atoms with Crippen molar-refractivity contribution >= 4 is 46.0 Å². The van der Waals surface area contributed by atoms with Crippen molar-refractivity contribution < 1.29 is 24.2 Å². The monoisotopic (exact) mass is 492 g/mol. The third kappa shape index (κ3) is 4.79. The highest BCUT2D eigenvalue weighted by Crippen LogP contribution is 2.37. The van der Waals surface area contributed by atoms with E-state index in [1.165, 1.54) is 23.1 Å². The van der Waals surface area contributed by atoms with Crippen LogP contribution in [0.4, 0.5) is 11.4 Å². The lowest BCUT2D eigenvalue weighted by Gasteiger charge is -2.36. The highest BCUT2D eigenvalue weighted by molar-refractivity contribution is 6.15. The molecule has 7 nitrogen and oxygen atoms in total. The molecule has 0 radical (unpaired) electrons. The number of anilines is 2. The second-order valence-electron chi connectivity index (χ2n) is 8.66. The third-order valence-corrected chi connectivity index (χ3v) is 6.38. The van der Waals surface area contributed by atoms with E-state index in [2.05, 4.69) is 0 Å². The largest absolute Gasteiger partial charge is 0.496 e. The predicted molar refractivity (Wildman–Crippen MR) is 143 cm³/mol. The zero-order valence-electron chi connectivity index (χ0n) is 20.1. The fraction of sp³-hybridized carbons (Fsp3) is 0.100. The second kappa shape index (κ2) is 9.99. The summed E-state index contributed by atoms with van der Waals surface area (Å²) in [6.07, 6.45) is 3.10. The van der Waals surface area contributed by atoms with Gasteiger partial charge in [0.25, 0.3) is 5.91 Å². The van der Waals surface area contributed by atoms with E-state index in [1.54, 1.807) is 24.2 Å². The van der Waals surface area contributed by atoms with E-state index in [1.807, 2.05) is 66.7 Å². The maximum Gasteiger partial charge on any atom is 0.335 e. The van der Waals surface area contributed by atoms with E-state index < -0.39 is 11.9 Å². The van der Waals surface area contributed by atoms with Gasteiger partial charge in [0, 0.05) is 11.6 Å². The van der Waals surface area contributed by atoms with Gasteiger partial charge in [-0.15, -0.1) is 0 Å². The molecule has 1 aliphatic rings. The Kier molecular flexibility index (Phi) is 6.43. The minimum atomic E-state index is -1.12. The predicted octanol–water partition coefficient (Wildman–Crippen LogP) is 5.14. The molecule has 1 N–H and O–H groups in total. The molecule has 0 saturated carbocycles. The Morgan fingerprint density at radius 3 is 2.46 bits per heavy atom. The number of methoxy groups -OCH3 is 1. The summed E-state index contributed by atoms with van der Waals surface area (Å²) in [6.45, 7) is 0.00331. The van der Waals surface area contributed by atoms with Gasteiger partial charge in [0.2, 0.25) is 5.91 Å². The number of rotatable bonds is 6. The number of hydrogen-bond donors (Lipinski definition) is 1. The molecule has 7 heteroatoms. The zero-order chi connectivity index (χ0) is 25.9. The van der Waals surface area contributed by atoms with Crippen molar-refractivity contribution in [1.82, 2.24) is 0 Å². The summed E-state index contributed by atoms with van der Waals surface area (Å²) >= 11 is 0. The number of benzene rings is 4. The van der Waals surface area contributed by atoms with Gasteiger partial charge in [0.05, 0.1) is 30.6 Å². The number of amides is 2. The van der Waals surface area contributed by atoms with Crippen LogP contribution in [0.1, 0.15) is 21.5 Å². The lowest BCUT2D eigenvalue weighted by atomic mass is 10.1. The van der Waals surface area contributed by atoms with Crippen LogP contribution in [-0.2, 0) is 16.1 Å². The Labute approximate surface area is 213 Å². The number of carbonyl (C=O) groups is 3. The Morgan fingerprint density at radius 2 is 1.68 bits per heavy atom. The molecule has 0 spiro atoms. The van der Waals surface area contributed by atoms with Crippen LogP contribution in [0.2, 0.25) is 0 Å². The molecule has 1 heterocycles. The summed E-state index contributed by atoms with van der Waals surface area (Å²) in [7, 11) is 1.56. The Balaban J connectivity index is 1.48. The van der Waals surface area contributed by atoms with Gasteiger partial charge in [-0.2, -0.15) is 0 Å². The molecule has 0 fully saturated rings. The van der Waals surface area contributed by atoms with Crippen molar-refractivity contribution in [3.8, 4) is 5.75 Å². The topological polar surface area (TPSA) is 87.2 Å². The summed E-state index contributed by atoms with van der Waals surface area (Å²) in [5.41, 5.74) is 2.49. The molecule has 0 bridgehead atoms. The quantitative estimate of drug-likeness (QED) is 0.377. The molecule has 37 heavy (non-hydrogen) atoms. The SMILES string of the molecule is COc1ccccc1CN1C(=O)CN(C(=O)/C=C/c2ccc3ccccc3c2)c2cc(C(=O)O)ccc21. The number of ether oxygens (including phenoxy) is 1. The van der Waals surface area contributed by atoms with E-state index >= 15 is 0 Å². The minimum absolute atomic E-state index is 0.0293. The van der Waals surface area contributed by atoms with Crippen molar-refractivity contribution in [3.63, 3.8) is 0 Å². The molecule has 0 saturated heterocycles. The fourth-order valence-electron chi connectivity index (χ4n) is 4.48. The molecule has 0 atom stereocenters. The summed E-state index contributed by atoms with van der Waals surface area (Å²) < 4.78 is 5.43. The first-order valence-corrected chi connectivity index (χ1v) is 11.7. The maximum absolute atomic E-state index is 13.3. The van der Waals surface area contributed by atoms with Crippen molar-refractivity contribution in [3.05, 3.63) is 108 Å². The summed E-state index contributed by atoms with van der Waals surface area (Å²) in [4.78, 5) is 41.1. The van der Waals surface area contributed by atoms with Crippen molar-refractivity contribution in [2.24, 2.45) is 0 Å². The van der Waals surface area contributed by atoms with E-state index in [4.69, 9.17) is 4.74 Å². The van der Waals surface area contributed by atoms with E-state index in [9.17, 15) is 19.5 Å². The molecule has 184 valence electrons. The molecular formula is C30H24N2O5. The minimum Gasteiger partial charge on any atom is -0.496 e. The second-order valence-corrected chi connectivity index (χ2v) is 8.66. The molecule has 4 aromatic carbocycles. The van der Waals surface area contributed by atoms with Crippen LogP contribution in [0.25, 0.3) is 16.8 Å². The van der Waals surface area contributed by atoms with Crippen molar-refractivity contribution in [2.45, 2.75) is 6.54 Å². The first-order chi connectivity index (χ1) is 17.9. The van der Waals surface area contributed by atoms with Crippen LogP contribution < -0.4 is 14.5 Å². The third-order valence-electron chi connectivity index (χ3n) is 6.38. The highest BCUT2D eigenvalue weighted by Gasteiger charge is 2.33. The van der Waals surface area contributed by atoms with Gasteiger partial charge >= 0.3 is 5.97 Å². The van der Waals surface area contributed by atoms with Crippen molar-refractivity contribution in [2.75, 3.05) is 23.5 Å². The molecule has 4 aromatic rings. The lowest BCUT2D eigenvalue weighted by Crippen LogP contribution is -2.47. The number of carbonyl (C=O) groups excluding carboxylic acids is 2. The molecule has 5 rings (SSSR count). The number of carboxylic acid groups (broad SMARTS) is 1. The lowest BCUT2D eigenvalue weighted by molar-refractivity contribution is -0.120. The van der Waals surface area contributed by atoms with Crippen LogP contribution in [0.3, 0.4) is 0 Å². The van der Waals surface area contributed by atoms with Gasteiger partial charge in [-0.05, 0) is 52.7 Å². The number of nitrogens with zero attached hydrogens (tertiary/aromatic N) is 2. The fourth-order valence-corrected chi connectivity index (χ4v) is 4.48. The van der Waals surface area contributed by atoms with Crippen LogP contribution in [0.5, 0.6) is 5.75 Å². The molecule has 1 aliphatic heterocycles. The Bertz CT molecular complexity index is 1560. The number of carboxylic acids is 1. The number of fused-ring (bicyclic) bond motifs is 2.